The second-order valence-electron chi connectivity index (χ2n) is 4.14. The quantitative estimate of drug-likeness (QED) is 0.927. The smallest absolute Gasteiger partial charge is 0.252 e. The molecule has 2 N–H and O–H groups in total. The van der Waals surface area contributed by atoms with E-state index in [1.165, 1.54) is 0 Å². The zero-order valence-corrected chi connectivity index (χ0v) is 11.2. The van der Waals surface area contributed by atoms with E-state index >= 15 is 0 Å². The Hall–Kier alpha value is -2.00. The van der Waals surface area contributed by atoms with Gasteiger partial charge in [-0.2, -0.15) is 0 Å². The van der Waals surface area contributed by atoms with Crippen molar-refractivity contribution in [2.24, 2.45) is 5.73 Å². The Kier molecular flexibility index (Phi) is 4.07. The molecular formula is C15H14ClNO2. The van der Waals surface area contributed by atoms with Crippen LogP contribution in [0.4, 0.5) is 0 Å². The summed E-state index contributed by atoms with van der Waals surface area (Å²) in [5.41, 5.74) is 6.54. The molecular weight excluding hydrogens is 262 g/mol. The number of nitrogens with two attached hydrogens (primary N) is 1. The topological polar surface area (TPSA) is 52.3 Å². The van der Waals surface area contributed by atoms with Gasteiger partial charge < -0.3 is 10.5 Å². The average Bonchev–Trinajstić information content (AvgIpc) is 2.39. The molecule has 0 saturated carbocycles. The van der Waals surface area contributed by atoms with Crippen LogP contribution in [0.25, 0.3) is 0 Å². The average molecular weight is 276 g/mol. The summed E-state index contributed by atoms with van der Waals surface area (Å²) in [6.45, 7) is 1.87. The first-order chi connectivity index (χ1) is 9.09. The van der Waals surface area contributed by atoms with Gasteiger partial charge in [-0.25, -0.2) is 0 Å². The van der Waals surface area contributed by atoms with Gasteiger partial charge in [-0.1, -0.05) is 41.9 Å². The fraction of sp³-hybridized carbons (Fsp3) is 0.133. The molecule has 98 valence electrons. The molecule has 2 rings (SSSR count). The summed E-state index contributed by atoms with van der Waals surface area (Å²) in [4.78, 5) is 11.3. The summed E-state index contributed by atoms with van der Waals surface area (Å²) in [5.74, 6) is -0.0515. The zero-order valence-electron chi connectivity index (χ0n) is 10.5. The van der Waals surface area contributed by atoms with Gasteiger partial charge in [0.2, 0.25) is 0 Å². The maximum atomic E-state index is 11.3. The molecule has 0 aliphatic heterocycles. The van der Waals surface area contributed by atoms with E-state index in [-0.39, 0.29) is 6.10 Å². The molecule has 0 aliphatic rings. The summed E-state index contributed by atoms with van der Waals surface area (Å²) >= 11 is 6.12. The second-order valence-corrected chi connectivity index (χ2v) is 4.55. The van der Waals surface area contributed by atoms with Crippen LogP contribution in [0.3, 0.4) is 0 Å². The van der Waals surface area contributed by atoms with E-state index in [0.29, 0.717) is 16.3 Å². The number of carbonyl (C=O) groups excluding carboxylic acids is 1. The molecule has 0 bridgehead atoms. The Balaban J connectivity index is 2.27. The fourth-order valence-corrected chi connectivity index (χ4v) is 2.12. The summed E-state index contributed by atoms with van der Waals surface area (Å²) in [7, 11) is 0. The Morgan fingerprint density at radius 1 is 1.16 bits per heavy atom. The highest BCUT2D eigenvalue weighted by Crippen LogP contribution is 2.28. The van der Waals surface area contributed by atoms with Gasteiger partial charge in [0.15, 0.2) is 0 Å². The van der Waals surface area contributed by atoms with Gasteiger partial charge >= 0.3 is 0 Å². The van der Waals surface area contributed by atoms with Gasteiger partial charge in [-0.05, 0) is 25.1 Å². The Bertz CT molecular complexity index is 598. The summed E-state index contributed by atoms with van der Waals surface area (Å²) in [5, 5.41) is 0.631. The number of primary amides is 1. The van der Waals surface area contributed by atoms with Gasteiger partial charge in [0, 0.05) is 10.6 Å². The lowest BCUT2D eigenvalue weighted by molar-refractivity contribution is 0.0993. The lowest BCUT2D eigenvalue weighted by atomic mass is 10.1. The molecule has 0 heterocycles. The van der Waals surface area contributed by atoms with Crippen LogP contribution in [0.5, 0.6) is 5.75 Å². The third-order valence-electron chi connectivity index (χ3n) is 2.80. The van der Waals surface area contributed by atoms with E-state index in [9.17, 15) is 4.79 Å². The summed E-state index contributed by atoms with van der Waals surface area (Å²) in [6, 6.07) is 14.3. The predicted octanol–water partition coefficient (Wildman–Crippen LogP) is 3.58. The number of amides is 1. The minimum atomic E-state index is -0.512. The van der Waals surface area contributed by atoms with Gasteiger partial charge in [-0.3, -0.25) is 4.79 Å². The van der Waals surface area contributed by atoms with Gasteiger partial charge in [0.05, 0.1) is 5.56 Å². The maximum absolute atomic E-state index is 11.3. The number of benzene rings is 2. The van der Waals surface area contributed by atoms with Crippen molar-refractivity contribution in [1.82, 2.24) is 0 Å². The van der Waals surface area contributed by atoms with Crippen LogP contribution in [0.1, 0.15) is 28.9 Å². The van der Waals surface area contributed by atoms with Crippen LogP contribution in [-0.4, -0.2) is 5.91 Å². The molecule has 0 radical (unpaired) electrons. The first-order valence-corrected chi connectivity index (χ1v) is 6.27. The lowest BCUT2D eigenvalue weighted by Gasteiger charge is -2.17. The SMILES string of the molecule is C[C@H](Oc1ccccc1C(N)=O)c1ccccc1Cl. The maximum Gasteiger partial charge on any atom is 0.252 e. The highest BCUT2D eigenvalue weighted by Gasteiger charge is 2.14. The van der Waals surface area contributed by atoms with Crippen LogP contribution in [0.2, 0.25) is 5.02 Å². The van der Waals surface area contributed by atoms with Crippen LogP contribution in [-0.2, 0) is 0 Å². The molecule has 0 unspecified atom stereocenters. The Morgan fingerprint density at radius 3 is 2.47 bits per heavy atom. The number of rotatable bonds is 4. The van der Waals surface area contributed by atoms with Gasteiger partial charge in [0.25, 0.3) is 5.91 Å². The van der Waals surface area contributed by atoms with Crippen LogP contribution < -0.4 is 10.5 Å². The molecule has 0 aromatic heterocycles. The highest BCUT2D eigenvalue weighted by atomic mass is 35.5. The van der Waals surface area contributed by atoms with Crippen molar-refractivity contribution in [3.05, 3.63) is 64.7 Å². The molecule has 2 aromatic rings. The number of carbonyl (C=O) groups is 1. The van der Waals surface area contributed by atoms with Gasteiger partial charge in [-0.15, -0.1) is 0 Å². The monoisotopic (exact) mass is 275 g/mol. The predicted molar refractivity (Wildman–Crippen MR) is 75.5 cm³/mol. The van der Waals surface area contributed by atoms with Crippen molar-refractivity contribution in [2.45, 2.75) is 13.0 Å². The van der Waals surface area contributed by atoms with Crippen molar-refractivity contribution in [1.29, 1.82) is 0 Å². The Morgan fingerprint density at radius 2 is 1.79 bits per heavy atom. The molecule has 1 atom stereocenters. The zero-order chi connectivity index (χ0) is 13.8. The minimum absolute atomic E-state index is 0.269. The number of hydrogen-bond donors (Lipinski definition) is 1. The normalized spacial score (nSPS) is 11.9. The van der Waals surface area contributed by atoms with E-state index in [2.05, 4.69) is 0 Å². The molecule has 0 spiro atoms. The first kappa shape index (κ1) is 13.4. The number of ether oxygens (including phenoxy) is 1. The number of hydrogen-bond acceptors (Lipinski definition) is 2. The van der Waals surface area contributed by atoms with Crippen LogP contribution in [0, 0.1) is 0 Å². The third-order valence-corrected chi connectivity index (χ3v) is 3.14. The molecule has 2 aromatic carbocycles. The van der Waals surface area contributed by atoms with Crippen molar-refractivity contribution in [3.8, 4) is 5.75 Å². The first-order valence-electron chi connectivity index (χ1n) is 5.89. The minimum Gasteiger partial charge on any atom is -0.485 e. The summed E-state index contributed by atoms with van der Waals surface area (Å²) in [6.07, 6.45) is -0.269. The van der Waals surface area contributed by atoms with Crippen molar-refractivity contribution in [2.75, 3.05) is 0 Å². The molecule has 0 aliphatic carbocycles. The van der Waals surface area contributed by atoms with Crippen molar-refractivity contribution in [3.63, 3.8) is 0 Å². The van der Waals surface area contributed by atoms with E-state index < -0.39 is 5.91 Å². The van der Waals surface area contributed by atoms with Gasteiger partial charge in [0.1, 0.15) is 11.9 Å². The van der Waals surface area contributed by atoms with Crippen molar-refractivity contribution < 1.29 is 9.53 Å². The molecule has 19 heavy (non-hydrogen) atoms. The van der Waals surface area contributed by atoms with E-state index in [1.54, 1.807) is 30.3 Å². The molecule has 4 heteroatoms. The van der Waals surface area contributed by atoms with E-state index in [0.717, 1.165) is 5.56 Å². The lowest BCUT2D eigenvalue weighted by Crippen LogP contribution is -2.14. The molecule has 0 saturated heterocycles. The molecule has 0 fully saturated rings. The molecule has 1 amide bonds. The second kappa shape index (κ2) is 5.76. The summed E-state index contributed by atoms with van der Waals surface area (Å²) < 4.78 is 5.79. The van der Waals surface area contributed by atoms with E-state index in [1.807, 2.05) is 25.1 Å². The van der Waals surface area contributed by atoms with E-state index in [4.69, 9.17) is 22.1 Å². The highest BCUT2D eigenvalue weighted by molar-refractivity contribution is 6.31. The van der Waals surface area contributed by atoms with Crippen LogP contribution in [0.15, 0.2) is 48.5 Å². The molecule has 3 nitrogen and oxygen atoms in total. The van der Waals surface area contributed by atoms with Crippen molar-refractivity contribution >= 4 is 17.5 Å². The Labute approximate surface area is 117 Å². The number of para-hydroxylation sites is 1. The largest absolute Gasteiger partial charge is 0.485 e. The van der Waals surface area contributed by atoms with Crippen LogP contribution >= 0.6 is 11.6 Å². The number of halogens is 1. The third kappa shape index (κ3) is 3.06. The fourth-order valence-electron chi connectivity index (χ4n) is 1.83. The standard InChI is InChI=1S/C15H14ClNO2/c1-10(11-6-2-4-8-13(11)16)19-14-9-5-3-7-12(14)15(17)18/h2-10H,1H3,(H2,17,18)/t10-/m0/s1.